The van der Waals surface area contributed by atoms with Crippen molar-refractivity contribution >= 4 is 0 Å². The van der Waals surface area contributed by atoms with Crippen molar-refractivity contribution in [2.75, 3.05) is 0 Å². The maximum absolute atomic E-state index is 3.61. The average Bonchev–Trinajstić information content (AvgIpc) is 2.72. The Bertz CT molecular complexity index is 449. The van der Waals surface area contributed by atoms with Gasteiger partial charge in [-0.15, -0.1) is 13.8 Å². The van der Waals surface area contributed by atoms with Crippen LogP contribution in [0.1, 0.15) is 54.4 Å². The number of allylic oxidation sites excluding steroid dienone is 8. The summed E-state index contributed by atoms with van der Waals surface area (Å²) >= 11 is 0. The van der Waals surface area contributed by atoms with Gasteiger partial charge in [0.1, 0.15) is 0 Å². The van der Waals surface area contributed by atoms with E-state index in [4.69, 9.17) is 0 Å². The summed E-state index contributed by atoms with van der Waals surface area (Å²) < 4.78 is 0. The van der Waals surface area contributed by atoms with Gasteiger partial charge in [0.2, 0.25) is 0 Å². The van der Waals surface area contributed by atoms with Crippen LogP contribution < -0.4 is 24.8 Å². The molecular weight excluding hydrogens is 335 g/mol. The van der Waals surface area contributed by atoms with E-state index in [0.29, 0.717) is 11.8 Å². The van der Waals surface area contributed by atoms with E-state index in [2.05, 4.69) is 53.7 Å². The van der Waals surface area contributed by atoms with Crippen LogP contribution in [0.4, 0.5) is 0 Å². The molecule has 2 aliphatic carbocycles. The molecule has 0 spiro atoms. The van der Waals surface area contributed by atoms with Gasteiger partial charge in [0.25, 0.3) is 0 Å². The molecule has 0 saturated carbocycles. The molecule has 2 rings (SSSR count). The van der Waals surface area contributed by atoms with E-state index in [1.807, 2.05) is 0 Å². The van der Waals surface area contributed by atoms with Crippen molar-refractivity contribution in [3.63, 3.8) is 0 Å². The predicted molar refractivity (Wildman–Crippen MR) is 77.8 cm³/mol. The normalized spacial score (nSPS) is 24.1. The minimum Gasteiger partial charge on any atom is -1.00 e. The zero-order valence-electron chi connectivity index (χ0n) is 13.8. The second-order valence-electron chi connectivity index (χ2n) is 5.84. The fourth-order valence-electron chi connectivity index (χ4n) is 2.98. The van der Waals surface area contributed by atoms with Crippen molar-refractivity contribution < 1.29 is 46.5 Å². The minimum absolute atomic E-state index is 0. The van der Waals surface area contributed by atoms with Crippen LogP contribution in [0.25, 0.3) is 0 Å². The van der Waals surface area contributed by atoms with Crippen molar-refractivity contribution in [2.24, 2.45) is 11.8 Å². The number of halogens is 2. The fraction of sp³-hybridized carbons (Fsp3) is 0.556. The SMILES string of the molecule is CC1=[C-]C(CCC2[C-]=C(C)C(C)=C2C)C(C)=C1C.[Cl-].[Cl-].[Ti+4]. The van der Waals surface area contributed by atoms with Gasteiger partial charge in [-0.1, -0.05) is 52.4 Å². The van der Waals surface area contributed by atoms with Crippen LogP contribution in [0.5, 0.6) is 0 Å². The third-order valence-corrected chi connectivity index (χ3v) is 4.88. The molecule has 114 valence electrons. The molecule has 0 aromatic carbocycles. The Labute approximate surface area is 157 Å². The topological polar surface area (TPSA) is 0 Å². The van der Waals surface area contributed by atoms with E-state index < -0.39 is 0 Å². The smallest absolute Gasteiger partial charge is 1.00 e. The quantitative estimate of drug-likeness (QED) is 0.458. The van der Waals surface area contributed by atoms with Crippen LogP contribution >= 0.6 is 0 Å². The summed E-state index contributed by atoms with van der Waals surface area (Å²) in [6.45, 7) is 13.3. The van der Waals surface area contributed by atoms with E-state index in [1.165, 1.54) is 46.3 Å². The van der Waals surface area contributed by atoms with Gasteiger partial charge in [-0.2, -0.15) is 22.3 Å². The van der Waals surface area contributed by atoms with Gasteiger partial charge in [0, 0.05) is 0 Å². The van der Waals surface area contributed by atoms with Gasteiger partial charge in [-0.25, -0.2) is 11.1 Å². The Morgan fingerprint density at radius 3 is 1.14 bits per heavy atom. The van der Waals surface area contributed by atoms with Crippen molar-refractivity contribution in [1.29, 1.82) is 0 Å². The number of hydrogen-bond donors (Lipinski definition) is 0. The summed E-state index contributed by atoms with van der Waals surface area (Å²) in [7, 11) is 0. The third kappa shape index (κ3) is 4.86. The third-order valence-electron chi connectivity index (χ3n) is 4.88. The molecule has 0 aromatic heterocycles. The Morgan fingerprint density at radius 1 is 0.667 bits per heavy atom. The van der Waals surface area contributed by atoms with E-state index in [9.17, 15) is 0 Å². The molecule has 0 fully saturated rings. The van der Waals surface area contributed by atoms with Gasteiger partial charge in [-0.05, 0) is 0 Å². The van der Waals surface area contributed by atoms with Crippen LogP contribution in [0.3, 0.4) is 0 Å². The van der Waals surface area contributed by atoms with E-state index in [0.717, 1.165) is 0 Å². The first-order valence-corrected chi connectivity index (χ1v) is 6.97. The summed E-state index contributed by atoms with van der Waals surface area (Å²) in [6, 6.07) is 0. The molecule has 2 atom stereocenters. The fourth-order valence-corrected chi connectivity index (χ4v) is 2.98. The van der Waals surface area contributed by atoms with Crippen LogP contribution in [0, 0.1) is 24.0 Å². The molecule has 0 aromatic rings. The maximum atomic E-state index is 3.61. The molecule has 0 amide bonds. The van der Waals surface area contributed by atoms with Crippen molar-refractivity contribution in [2.45, 2.75) is 54.4 Å². The summed E-state index contributed by atoms with van der Waals surface area (Å²) in [5, 5.41) is 0. The van der Waals surface area contributed by atoms with Gasteiger partial charge >= 0.3 is 21.7 Å². The predicted octanol–water partition coefficient (Wildman–Crippen LogP) is -0.797. The Morgan fingerprint density at radius 2 is 0.952 bits per heavy atom. The molecule has 2 unspecified atom stereocenters. The van der Waals surface area contributed by atoms with Crippen molar-refractivity contribution in [3.05, 3.63) is 45.6 Å². The molecule has 0 bridgehead atoms. The number of hydrogen-bond acceptors (Lipinski definition) is 0. The Kier molecular flexibility index (Phi) is 10.5. The van der Waals surface area contributed by atoms with E-state index in [-0.39, 0.29) is 46.5 Å². The molecule has 0 aliphatic heterocycles. The first-order valence-electron chi connectivity index (χ1n) is 6.97. The molecule has 0 saturated heterocycles. The summed E-state index contributed by atoms with van der Waals surface area (Å²) in [6.07, 6.45) is 9.62. The van der Waals surface area contributed by atoms with Crippen molar-refractivity contribution in [1.82, 2.24) is 0 Å². The monoisotopic (exact) mass is 358 g/mol. The van der Waals surface area contributed by atoms with Crippen LogP contribution in [0.15, 0.2) is 33.4 Å². The van der Waals surface area contributed by atoms with E-state index in [1.54, 1.807) is 0 Å². The average molecular weight is 359 g/mol. The molecule has 0 nitrogen and oxygen atoms in total. The van der Waals surface area contributed by atoms with Gasteiger partial charge in [-0.3, -0.25) is 12.2 Å². The van der Waals surface area contributed by atoms with Crippen LogP contribution in [0.2, 0.25) is 0 Å². The second kappa shape index (κ2) is 9.41. The zero-order chi connectivity index (χ0) is 13.4. The van der Waals surface area contributed by atoms with Crippen LogP contribution in [-0.4, -0.2) is 0 Å². The van der Waals surface area contributed by atoms with E-state index >= 15 is 0 Å². The van der Waals surface area contributed by atoms with Crippen LogP contribution in [-0.2, 0) is 21.7 Å². The molecule has 0 N–H and O–H groups in total. The zero-order valence-corrected chi connectivity index (χ0v) is 16.9. The maximum Gasteiger partial charge on any atom is 4.00 e. The van der Waals surface area contributed by atoms with Gasteiger partial charge in [0.05, 0.1) is 0 Å². The first-order chi connectivity index (χ1) is 8.41. The van der Waals surface area contributed by atoms with Crippen molar-refractivity contribution in [3.8, 4) is 0 Å². The Balaban J connectivity index is 0. The van der Waals surface area contributed by atoms with Gasteiger partial charge in [0.15, 0.2) is 0 Å². The summed E-state index contributed by atoms with van der Waals surface area (Å²) in [5.74, 6) is 1.08. The number of rotatable bonds is 3. The largest absolute Gasteiger partial charge is 4.00 e. The molecule has 0 radical (unpaired) electrons. The molecule has 3 heteroatoms. The molecule has 21 heavy (non-hydrogen) atoms. The second-order valence-corrected chi connectivity index (χ2v) is 5.84. The van der Waals surface area contributed by atoms with Gasteiger partial charge < -0.3 is 24.8 Å². The minimum atomic E-state index is 0. The molecule has 2 aliphatic rings. The molecular formula is C18H24Cl2Ti. The summed E-state index contributed by atoms with van der Waals surface area (Å²) in [4.78, 5) is 0. The summed E-state index contributed by atoms with van der Waals surface area (Å²) in [5.41, 5.74) is 8.64. The Hall–Kier alpha value is 0.254. The first kappa shape index (κ1) is 23.5. The standard InChI is InChI=1S/C18H24.2ClH.Ti/c1-11-9-17(15(5)13(11)3)7-8-18-10-12(2)14(4)16(18)6;;;/h17-18H,7-8H2,1-6H3;2*1H;/q-2;;;+4/p-2. The molecule has 0 heterocycles.